The van der Waals surface area contributed by atoms with Crippen molar-refractivity contribution in [2.24, 2.45) is 5.73 Å². The van der Waals surface area contributed by atoms with Gasteiger partial charge >= 0.3 is 0 Å². The van der Waals surface area contributed by atoms with Crippen molar-refractivity contribution in [1.82, 2.24) is 0 Å². The fraction of sp³-hybridized carbons (Fsp3) is 0.294. The molecule has 1 unspecified atom stereocenters. The second-order valence-corrected chi connectivity index (χ2v) is 6.25. The first kappa shape index (κ1) is 15.1. The van der Waals surface area contributed by atoms with Crippen LogP contribution in [0.15, 0.2) is 46.9 Å². The zero-order chi connectivity index (χ0) is 14.7. The fourth-order valence-electron chi connectivity index (χ4n) is 2.29. The Morgan fingerprint density at radius 3 is 2.40 bits per heavy atom. The van der Waals surface area contributed by atoms with E-state index < -0.39 is 0 Å². The molecule has 2 aromatic carbocycles. The summed E-state index contributed by atoms with van der Waals surface area (Å²) in [6.07, 6.45) is 0. The van der Waals surface area contributed by atoms with Crippen molar-refractivity contribution >= 4 is 21.6 Å². The Bertz CT molecular complexity index is 576. The van der Waals surface area contributed by atoms with Crippen molar-refractivity contribution in [3.8, 4) is 0 Å². The van der Waals surface area contributed by atoms with E-state index in [1.54, 1.807) is 0 Å². The van der Waals surface area contributed by atoms with Crippen LogP contribution < -0.4 is 10.6 Å². The molecule has 0 saturated heterocycles. The van der Waals surface area contributed by atoms with Crippen molar-refractivity contribution in [3.05, 3.63) is 63.6 Å². The first-order valence-corrected chi connectivity index (χ1v) is 7.58. The van der Waals surface area contributed by atoms with Gasteiger partial charge in [-0.1, -0.05) is 45.8 Å². The highest BCUT2D eigenvalue weighted by Gasteiger charge is 2.11. The van der Waals surface area contributed by atoms with Crippen LogP contribution in [0.5, 0.6) is 0 Å². The lowest BCUT2D eigenvalue weighted by molar-refractivity contribution is 0.800. The van der Waals surface area contributed by atoms with E-state index in [2.05, 4.69) is 77.3 Å². The number of anilines is 1. The van der Waals surface area contributed by atoms with Crippen LogP contribution in [0.25, 0.3) is 0 Å². The number of hydrogen-bond donors (Lipinski definition) is 1. The van der Waals surface area contributed by atoms with Gasteiger partial charge in [0.05, 0.1) is 0 Å². The summed E-state index contributed by atoms with van der Waals surface area (Å²) in [5.41, 5.74) is 11.0. The second-order valence-electron chi connectivity index (χ2n) is 5.33. The molecule has 2 aromatic rings. The van der Waals surface area contributed by atoms with Gasteiger partial charge in [-0.2, -0.15) is 0 Å². The van der Waals surface area contributed by atoms with Crippen LogP contribution >= 0.6 is 15.9 Å². The minimum atomic E-state index is 0.0166. The summed E-state index contributed by atoms with van der Waals surface area (Å²) in [4.78, 5) is 2.25. The van der Waals surface area contributed by atoms with Crippen molar-refractivity contribution < 1.29 is 0 Å². The zero-order valence-corrected chi connectivity index (χ0v) is 13.8. The van der Waals surface area contributed by atoms with E-state index in [0.29, 0.717) is 0 Å². The Hall–Kier alpha value is -1.32. The third-order valence-electron chi connectivity index (χ3n) is 3.43. The first-order valence-electron chi connectivity index (χ1n) is 6.79. The molecule has 106 valence electrons. The van der Waals surface area contributed by atoms with Crippen LogP contribution in [0, 0.1) is 6.92 Å². The lowest BCUT2D eigenvalue weighted by Gasteiger charge is -2.24. The highest BCUT2D eigenvalue weighted by molar-refractivity contribution is 9.10. The molecular weight excluding hydrogens is 312 g/mol. The molecule has 0 aliphatic carbocycles. The molecular formula is C17H21BrN2. The number of aryl methyl sites for hydroxylation is 1. The molecule has 0 fully saturated rings. The molecule has 0 spiro atoms. The predicted octanol–water partition coefficient (Wildman–Crippen LogP) is 4.41. The number of benzene rings is 2. The SMILES string of the molecule is Cc1ccc(CN(C)c2ccc(Br)cc2C(C)N)cc1. The maximum absolute atomic E-state index is 6.09. The molecule has 0 aromatic heterocycles. The summed E-state index contributed by atoms with van der Waals surface area (Å²) in [7, 11) is 2.11. The van der Waals surface area contributed by atoms with Gasteiger partial charge in [0.25, 0.3) is 0 Å². The highest BCUT2D eigenvalue weighted by atomic mass is 79.9. The monoisotopic (exact) mass is 332 g/mol. The Morgan fingerprint density at radius 1 is 1.15 bits per heavy atom. The highest BCUT2D eigenvalue weighted by Crippen LogP contribution is 2.28. The number of hydrogen-bond acceptors (Lipinski definition) is 2. The summed E-state index contributed by atoms with van der Waals surface area (Å²) in [6.45, 7) is 5.00. The second kappa shape index (κ2) is 6.42. The minimum absolute atomic E-state index is 0.0166. The average molecular weight is 333 g/mol. The van der Waals surface area contributed by atoms with Gasteiger partial charge in [-0.15, -0.1) is 0 Å². The van der Waals surface area contributed by atoms with E-state index in [1.807, 2.05) is 6.92 Å². The third-order valence-corrected chi connectivity index (χ3v) is 3.92. The maximum Gasteiger partial charge on any atom is 0.0426 e. The van der Waals surface area contributed by atoms with Gasteiger partial charge in [0.15, 0.2) is 0 Å². The summed E-state index contributed by atoms with van der Waals surface area (Å²) in [5.74, 6) is 0. The molecule has 1 atom stereocenters. The molecule has 0 amide bonds. The molecule has 2 rings (SSSR count). The predicted molar refractivity (Wildman–Crippen MR) is 90.0 cm³/mol. The molecule has 0 heterocycles. The summed E-state index contributed by atoms with van der Waals surface area (Å²) >= 11 is 3.51. The Balaban J connectivity index is 2.24. The molecule has 20 heavy (non-hydrogen) atoms. The maximum atomic E-state index is 6.09. The molecule has 0 saturated carbocycles. The lowest BCUT2D eigenvalue weighted by atomic mass is 10.1. The molecule has 0 aliphatic rings. The number of rotatable bonds is 4. The van der Waals surface area contributed by atoms with Gasteiger partial charge in [0.2, 0.25) is 0 Å². The molecule has 0 aliphatic heterocycles. The summed E-state index contributed by atoms with van der Waals surface area (Å²) in [5, 5.41) is 0. The van der Waals surface area contributed by atoms with Crippen LogP contribution in [-0.2, 0) is 6.54 Å². The van der Waals surface area contributed by atoms with Gasteiger partial charge < -0.3 is 10.6 Å². The van der Waals surface area contributed by atoms with E-state index >= 15 is 0 Å². The quantitative estimate of drug-likeness (QED) is 0.898. The molecule has 0 radical (unpaired) electrons. The van der Waals surface area contributed by atoms with Crippen LogP contribution in [0.3, 0.4) is 0 Å². The summed E-state index contributed by atoms with van der Waals surface area (Å²) in [6, 6.07) is 15.0. The van der Waals surface area contributed by atoms with E-state index in [4.69, 9.17) is 5.73 Å². The van der Waals surface area contributed by atoms with Crippen LogP contribution in [0.2, 0.25) is 0 Å². The van der Waals surface area contributed by atoms with Crippen molar-refractivity contribution in [2.75, 3.05) is 11.9 Å². The van der Waals surface area contributed by atoms with Crippen molar-refractivity contribution in [3.63, 3.8) is 0 Å². The number of nitrogens with zero attached hydrogens (tertiary/aromatic N) is 1. The van der Waals surface area contributed by atoms with E-state index in [1.165, 1.54) is 16.8 Å². The number of nitrogens with two attached hydrogens (primary N) is 1. The van der Waals surface area contributed by atoms with Gasteiger partial charge in [0, 0.05) is 29.8 Å². The van der Waals surface area contributed by atoms with E-state index in [-0.39, 0.29) is 6.04 Å². The Morgan fingerprint density at radius 2 is 1.80 bits per heavy atom. The van der Waals surface area contributed by atoms with Crippen molar-refractivity contribution in [2.45, 2.75) is 26.4 Å². The van der Waals surface area contributed by atoms with Gasteiger partial charge in [-0.3, -0.25) is 0 Å². The van der Waals surface area contributed by atoms with E-state index in [9.17, 15) is 0 Å². The normalized spacial score (nSPS) is 12.2. The molecule has 2 nitrogen and oxygen atoms in total. The Kier molecular flexibility index (Phi) is 4.84. The first-order chi connectivity index (χ1) is 9.47. The van der Waals surface area contributed by atoms with Gasteiger partial charge in [-0.05, 0) is 43.2 Å². The average Bonchev–Trinajstić information content (AvgIpc) is 2.41. The summed E-state index contributed by atoms with van der Waals surface area (Å²) < 4.78 is 1.07. The molecule has 2 N–H and O–H groups in total. The molecule has 3 heteroatoms. The van der Waals surface area contributed by atoms with Gasteiger partial charge in [-0.25, -0.2) is 0 Å². The van der Waals surface area contributed by atoms with Crippen LogP contribution in [0.1, 0.15) is 29.7 Å². The van der Waals surface area contributed by atoms with Crippen molar-refractivity contribution in [1.29, 1.82) is 0 Å². The third kappa shape index (κ3) is 3.62. The fourth-order valence-corrected chi connectivity index (χ4v) is 2.67. The largest absolute Gasteiger partial charge is 0.370 e. The topological polar surface area (TPSA) is 29.3 Å². The smallest absolute Gasteiger partial charge is 0.0426 e. The van der Waals surface area contributed by atoms with Gasteiger partial charge in [0.1, 0.15) is 0 Å². The minimum Gasteiger partial charge on any atom is -0.370 e. The Labute approximate surface area is 129 Å². The zero-order valence-electron chi connectivity index (χ0n) is 12.2. The standard InChI is InChI=1S/C17H21BrN2/c1-12-4-6-14(7-5-12)11-20(3)17-9-8-15(18)10-16(17)13(2)19/h4-10,13H,11,19H2,1-3H3. The van der Waals surface area contributed by atoms with E-state index in [0.717, 1.165) is 16.6 Å². The number of halogens is 1. The van der Waals surface area contributed by atoms with Crippen LogP contribution in [0.4, 0.5) is 5.69 Å². The molecule has 0 bridgehead atoms. The lowest BCUT2D eigenvalue weighted by Crippen LogP contribution is -2.20. The van der Waals surface area contributed by atoms with Crippen LogP contribution in [-0.4, -0.2) is 7.05 Å².